The molecule has 1 aromatic carbocycles. The van der Waals surface area contributed by atoms with Gasteiger partial charge in [0.2, 0.25) is 11.7 Å². The van der Waals surface area contributed by atoms with E-state index in [0.29, 0.717) is 6.61 Å². The monoisotopic (exact) mass is 269 g/mol. The van der Waals surface area contributed by atoms with E-state index in [0.717, 1.165) is 12.1 Å². The minimum absolute atomic E-state index is 0.146. The van der Waals surface area contributed by atoms with Gasteiger partial charge in [-0.15, -0.1) is 0 Å². The highest BCUT2D eigenvalue weighted by atomic mass is 19.1. The van der Waals surface area contributed by atoms with Crippen molar-refractivity contribution in [1.29, 1.82) is 0 Å². The zero-order valence-electron chi connectivity index (χ0n) is 9.84. The second-order valence-electron chi connectivity index (χ2n) is 4.22. The van der Waals surface area contributed by atoms with Crippen molar-refractivity contribution in [2.45, 2.75) is 6.04 Å². The van der Waals surface area contributed by atoms with Gasteiger partial charge in [0.15, 0.2) is 0 Å². The smallest absolute Gasteiger partial charge is 0.304 e. The Morgan fingerprint density at radius 3 is 2.79 bits per heavy atom. The number of hydrogen-bond acceptors (Lipinski definition) is 5. The molecular weight excluding hydrogens is 257 g/mol. The Hall–Kier alpha value is -2.06. The van der Waals surface area contributed by atoms with Gasteiger partial charge in [-0.05, 0) is 6.07 Å². The summed E-state index contributed by atoms with van der Waals surface area (Å²) in [5.41, 5.74) is 5.18. The van der Waals surface area contributed by atoms with Crippen molar-refractivity contribution in [3.63, 3.8) is 0 Å². The first-order valence-corrected chi connectivity index (χ1v) is 5.57. The number of ether oxygens (including phenoxy) is 1. The first-order chi connectivity index (χ1) is 8.99. The van der Waals surface area contributed by atoms with Gasteiger partial charge in [0.05, 0.1) is 24.1 Å². The SMILES string of the molecule is NC1COCC1C(=O)Nc1ccc([N+](=O)[O-])c(F)c1. The normalized spacial score (nSPS) is 22.2. The van der Waals surface area contributed by atoms with Gasteiger partial charge < -0.3 is 15.8 Å². The van der Waals surface area contributed by atoms with E-state index in [-0.39, 0.29) is 12.3 Å². The van der Waals surface area contributed by atoms with Crippen LogP contribution in [-0.2, 0) is 9.53 Å². The van der Waals surface area contributed by atoms with Gasteiger partial charge in [-0.1, -0.05) is 0 Å². The number of rotatable bonds is 3. The Balaban J connectivity index is 2.09. The van der Waals surface area contributed by atoms with Crippen LogP contribution < -0.4 is 11.1 Å². The van der Waals surface area contributed by atoms with E-state index in [9.17, 15) is 19.3 Å². The number of nitro benzene ring substituents is 1. The van der Waals surface area contributed by atoms with Crippen LogP contribution in [0.25, 0.3) is 0 Å². The maximum atomic E-state index is 13.4. The average Bonchev–Trinajstić information content (AvgIpc) is 2.75. The molecule has 3 N–H and O–H groups in total. The molecule has 0 bridgehead atoms. The second kappa shape index (κ2) is 5.29. The summed E-state index contributed by atoms with van der Waals surface area (Å²) in [4.78, 5) is 21.4. The molecule has 0 aliphatic carbocycles. The van der Waals surface area contributed by atoms with E-state index < -0.39 is 34.3 Å². The zero-order chi connectivity index (χ0) is 14.0. The molecule has 0 saturated carbocycles. The summed E-state index contributed by atoms with van der Waals surface area (Å²) in [6.45, 7) is 0.509. The summed E-state index contributed by atoms with van der Waals surface area (Å²) in [6.07, 6.45) is 0. The number of amides is 1. The van der Waals surface area contributed by atoms with Crippen molar-refractivity contribution in [2.24, 2.45) is 11.7 Å². The highest BCUT2D eigenvalue weighted by Gasteiger charge is 2.31. The number of nitro groups is 1. The van der Waals surface area contributed by atoms with Gasteiger partial charge in [-0.3, -0.25) is 14.9 Å². The third-order valence-corrected chi connectivity index (χ3v) is 2.87. The minimum Gasteiger partial charge on any atom is -0.379 e. The van der Waals surface area contributed by atoms with E-state index in [4.69, 9.17) is 10.5 Å². The maximum Gasteiger partial charge on any atom is 0.304 e. The molecule has 1 saturated heterocycles. The van der Waals surface area contributed by atoms with Crippen molar-refractivity contribution < 1.29 is 18.8 Å². The van der Waals surface area contributed by atoms with Crippen LogP contribution in [0.5, 0.6) is 0 Å². The van der Waals surface area contributed by atoms with E-state index in [1.54, 1.807) is 0 Å². The van der Waals surface area contributed by atoms with Crippen LogP contribution >= 0.6 is 0 Å². The number of nitrogens with one attached hydrogen (secondary N) is 1. The van der Waals surface area contributed by atoms with Crippen LogP contribution in [0, 0.1) is 21.8 Å². The van der Waals surface area contributed by atoms with E-state index in [2.05, 4.69) is 5.32 Å². The van der Waals surface area contributed by atoms with Crippen molar-refractivity contribution in [3.8, 4) is 0 Å². The summed E-state index contributed by atoms with van der Waals surface area (Å²) in [5.74, 6) is -1.90. The Labute approximate surface area is 107 Å². The predicted octanol–water partition coefficient (Wildman–Crippen LogP) is 0.646. The lowest BCUT2D eigenvalue weighted by Crippen LogP contribution is -2.37. The van der Waals surface area contributed by atoms with E-state index in [1.807, 2.05) is 0 Å². The molecule has 0 spiro atoms. The second-order valence-corrected chi connectivity index (χ2v) is 4.22. The van der Waals surface area contributed by atoms with Gasteiger partial charge in [0.25, 0.3) is 0 Å². The molecule has 2 rings (SSSR count). The number of nitrogens with zero attached hydrogens (tertiary/aromatic N) is 1. The lowest BCUT2D eigenvalue weighted by Gasteiger charge is -2.13. The quantitative estimate of drug-likeness (QED) is 0.618. The number of halogens is 1. The van der Waals surface area contributed by atoms with Crippen molar-refractivity contribution in [1.82, 2.24) is 0 Å². The molecule has 19 heavy (non-hydrogen) atoms. The largest absolute Gasteiger partial charge is 0.379 e. The standard InChI is InChI=1S/C11H12FN3O4/c12-8-3-6(1-2-10(8)15(17)18)14-11(16)7-4-19-5-9(7)13/h1-3,7,9H,4-5,13H2,(H,14,16). The fourth-order valence-electron chi connectivity index (χ4n) is 1.81. The zero-order valence-corrected chi connectivity index (χ0v) is 9.84. The molecule has 0 radical (unpaired) electrons. The van der Waals surface area contributed by atoms with Gasteiger partial charge >= 0.3 is 5.69 Å². The fraction of sp³-hybridized carbons (Fsp3) is 0.364. The fourth-order valence-corrected chi connectivity index (χ4v) is 1.81. The Morgan fingerprint density at radius 2 is 2.26 bits per heavy atom. The van der Waals surface area contributed by atoms with Gasteiger partial charge in [0.1, 0.15) is 0 Å². The third kappa shape index (κ3) is 2.85. The molecule has 1 heterocycles. The topological polar surface area (TPSA) is 107 Å². The van der Waals surface area contributed by atoms with Crippen molar-refractivity contribution in [3.05, 3.63) is 34.1 Å². The first-order valence-electron chi connectivity index (χ1n) is 5.57. The summed E-state index contributed by atoms with van der Waals surface area (Å²) < 4.78 is 18.4. The van der Waals surface area contributed by atoms with Gasteiger partial charge in [-0.25, -0.2) is 0 Å². The Morgan fingerprint density at radius 1 is 1.53 bits per heavy atom. The Bertz CT molecular complexity index is 523. The van der Waals surface area contributed by atoms with Crippen LogP contribution in [0.15, 0.2) is 18.2 Å². The number of anilines is 1. The summed E-state index contributed by atoms with van der Waals surface area (Å²) >= 11 is 0. The molecule has 0 aromatic heterocycles. The molecule has 2 unspecified atom stereocenters. The molecular formula is C11H12FN3O4. The third-order valence-electron chi connectivity index (χ3n) is 2.87. The number of carbonyl (C=O) groups is 1. The number of benzene rings is 1. The van der Waals surface area contributed by atoms with Crippen LogP contribution in [0.1, 0.15) is 0 Å². The highest BCUT2D eigenvalue weighted by molar-refractivity contribution is 5.93. The molecule has 1 aromatic rings. The molecule has 1 fully saturated rings. The summed E-state index contributed by atoms with van der Waals surface area (Å²) in [6, 6.07) is 2.76. The molecule has 1 aliphatic heterocycles. The van der Waals surface area contributed by atoms with Crippen LogP contribution in [0.4, 0.5) is 15.8 Å². The first kappa shape index (κ1) is 13.4. The molecule has 7 nitrogen and oxygen atoms in total. The molecule has 102 valence electrons. The van der Waals surface area contributed by atoms with Crippen LogP contribution in [-0.4, -0.2) is 30.1 Å². The molecule has 2 atom stereocenters. The van der Waals surface area contributed by atoms with Crippen LogP contribution in [0.2, 0.25) is 0 Å². The minimum atomic E-state index is -1.00. The Kier molecular flexibility index (Phi) is 3.72. The number of carbonyl (C=O) groups excluding carboxylic acids is 1. The molecule has 1 aliphatic rings. The summed E-state index contributed by atoms with van der Waals surface area (Å²) in [5, 5.41) is 12.9. The van der Waals surface area contributed by atoms with Crippen molar-refractivity contribution >= 4 is 17.3 Å². The van der Waals surface area contributed by atoms with E-state index in [1.165, 1.54) is 6.07 Å². The van der Waals surface area contributed by atoms with Crippen molar-refractivity contribution in [2.75, 3.05) is 18.5 Å². The lowest BCUT2D eigenvalue weighted by molar-refractivity contribution is -0.387. The van der Waals surface area contributed by atoms with Crippen LogP contribution in [0.3, 0.4) is 0 Å². The summed E-state index contributed by atoms with van der Waals surface area (Å²) in [7, 11) is 0. The lowest BCUT2D eigenvalue weighted by atomic mass is 10.0. The number of hydrogen-bond donors (Lipinski definition) is 2. The van der Waals surface area contributed by atoms with E-state index >= 15 is 0 Å². The maximum absolute atomic E-state index is 13.4. The molecule has 1 amide bonds. The van der Waals surface area contributed by atoms with Gasteiger partial charge in [-0.2, -0.15) is 4.39 Å². The average molecular weight is 269 g/mol. The molecule has 8 heteroatoms. The number of nitrogens with two attached hydrogens (primary N) is 1. The predicted molar refractivity (Wildman–Crippen MR) is 64.0 cm³/mol. The van der Waals surface area contributed by atoms with Gasteiger partial charge in [0, 0.05) is 23.9 Å². The highest BCUT2D eigenvalue weighted by Crippen LogP contribution is 2.22.